The summed E-state index contributed by atoms with van der Waals surface area (Å²) in [6.45, 7) is 2.45. The molecule has 1 atom stereocenters. The second-order valence-electron chi connectivity index (χ2n) is 6.24. The number of benzene rings is 2. The number of amides is 1. The van der Waals surface area contributed by atoms with Crippen molar-refractivity contribution < 1.29 is 14.3 Å². The third kappa shape index (κ3) is 4.31. The summed E-state index contributed by atoms with van der Waals surface area (Å²) < 4.78 is 10.8. The fraction of sp³-hybridized carbons (Fsp3) is 0.350. The van der Waals surface area contributed by atoms with Gasteiger partial charge in [-0.05, 0) is 36.9 Å². The molecule has 2 aromatic rings. The molecule has 5 nitrogen and oxygen atoms in total. The summed E-state index contributed by atoms with van der Waals surface area (Å²) in [6, 6.07) is 17.5. The molecule has 1 amide bonds. The van der Waals surface area contributed by atoms with Crippen LogP contribution in [0.3, 0.4) is 0 Å². The van der Waals surface area contributed by atoms with Gasteiger partial charge in [0.2, 0.25) is 0 Å². The predicted molar refractivity (Wildman–Crippen MR) is 96.9 cm³/mol. The largest absolute Gasteiger partial charge is 0.497 e. The molecule has 0 saturated carbocycles. The first-order chi connectivity index (χ1) is 12.2. The highest BCUT2D eigenvalue weighted by atomic mass is 16.5. The van der Waals surface area contributed by atoms with E-state index in [1.165, 1.54) is 0 Å². The van der Waals surface area contributed by atoms with Gasteiger partial charge in [0.1, 0.15) is 11.5 Å². The van der Waals surface area contributed by atoms with E-state index in [1.54, 1.807) is 7.11 Å². The van der Waals surface area contributed by atoms with Crippen molar-refractivity contribution in [3.05, 3.63) is 60.2 Å². The van der Waals surface area contributed by atoms with E-state index >= 15 is 0 Å². The maximum Gasteiger partial charge on any atom is 0.261 e. The van der Waals surface area contributed by atoms with E-state index in [0.29, 0.717) is 12.3 Å². The molecule has 0 N–H and O–H groups in total. The third-order valence-electron chi connectivity index (χ3n) is 4.51. The number of ether oxygens (including phenoxy) is 2. The van der Waals surface area contributed by atoms with E-state index in [4.69, 9.17) is 9.47 Å². The zero-order chi connectivity index (χ0) is 17.6. The molecular formula is C20H24N2O3. The van der Waals surface area contributed by atoms with Crippen molar-refractivity contribution in [1.29, 1.82) is 0 Å². The Balaban J connectivity index is 1.66. The summed E-state index contributed by atoms with van der Waals surface area (Å²) in [7, 11) is 3.71. The van der Waals surface area contributed by atoms with Crippen LogP contribution >= 0.6 is 0 Å². The number of likely N-dealkylation sites (N-methyl/N-ethyl adjacent to an activating group) is 1. The molecule has 132 valence electrons. The number of carbonyl (C=O) groups excluding carboxylic acids is 1. The van der Waals surface area contributed by atoms with E-state index < -0.39 is 0 Å². The van der Waals surface area contributed by atoms with Crippen LogP contribution < -0.4 is 9.47 Å². The fourth-order valence-corrected chi connectivity index (χ4v) is 3.08. The Bertz CT molecular complexity index is 688. The number of carbonyl (C=O) groups is 1. The Morgan fingerprint density at radius 3 is 2.40 bits per heavy atom. The minimum absolute atomic E-state index is 0.0118. The van der Waals surface area contributed by atoms with Gasteiger partial charge in [-0.3, -0.25) is 4.79 Å². The molecular weight excluding hydrogens is 316 g/mol. The number of hydrogen-bond donors (Lipinski definition) is 0. The second-order valence-corrected chi connectivity index (χ2v) is 6.24. The maximum atomic E-state index is 12.7. The second kappa shape index (κ2) is 8.03. The molecule has 3 rings (SSSR count). The van der Waals surface area contributed by atoms with Gasteiger partial charge in [-0.1, -0.05) is 30.3 Å². The van der Waals surface area contributed by atoms with Gasteiger partial charge in [0.05, 0.1) is 13.2 Å². The summed E-state index contributed by atoms with van der Waals surface area (Å²) in [6.07, 6.45) is 0. The van der Waals surface area contributed by atoms with Crippen LogP contribution in [-0.4, -0.2) is 56.1 Å². The van der Waals surface area contributed by atoms with Gasteiger partial charge in [0, 0.05) is 19.6 Å². The van der Waals surface area contributed by atoms with Crippen LogP contribution in [0.5, 0.6) is 11.5 Å². The lowest BCUT2D eigenvalue weighted by Crippen LogP contribution is -2.50. The third-order valence-corrected chi connectivity index (χ3v) is 4.51. The highest BCUT2D eigenvalue weighted by molar-refractivity contribution is 5.78. The van der Waals surface area contributed by atoms with Crippen molar-refractivity contribution in [2.75, 3.05) is 40.4 Å². The Morgan fingerprint density at radius 1 is 1.04 bits per heavy atom. The molecule has 0 aliphatic carbocycles. The molecule has 1 saturated heterocycles. The van der Waals surface area contributed by atoms with Crippen LogP contribution in [0, 0.1) is 0 Å². The quantitative estimate of drug-likeness (QED) is 0.839. The number of rotatable bonds is 5. The average molecular weight is 340 g/mol. The Hall–Kier alpha value is -2.53. The van der Waals surface area contributed by atoms with Crippen molar-refractivity contribution in [1.82, 2.24) is 9.80 Å². The van der Waals surface area contributed by atoms with E-state index in [9.17, 15) is 4.79 Å². The maximum absolute atomic E-state index is 12.7. The molecule has 0 spiro atoms. The Kier molecular flexibility index (Phi) is 5.56. The fourth-order valence-electron chi connectivity index (χ4n) is 3.08. The SMILES string of the molecule is COc1ccc(OCC(=O)N2CCN(C)CC2c2ccccc2)cc1. The van der Waals surface area contributed by atoms with Gasteiger partial charge < -0.3 is 19.3 Å². The van der Waals surface area contributed by atoms with Gasteiger partial charge in [0.15, 0.2) is 6.61 Å². The molecule has 0 aromatic heterocycles. The first-order valence-corrected chi connectivity index (χ1v) is 8.47. The molecule has 0 bridgehead atoms. The molecule has 5 heteroatoms. The normalized spacial score (nSPS) is 18.0. The highest BCUT2D eigenvalue weighted by Gasteiger charge is 2.30. The lowest BCUT2D eigenvalue weighted by atomic mass is 10.0. The topological polar surface area (TPSA) is 42.0 Å². The van der Waals surface area contributed by atoms with Crippen LogP contribution in [0.1, 0.15) is 11.6 Å². The van der Waals surface area contributed by atoms with Gasteiger partial charge in [-0.15, -0.1) is 0 Å². The van der Waals surface area contributed by atoms with E-state index in [2.05, 4.69) is 24.1 Å². The lowest BCUT2D eigenvalue weighted by molar-refractivity contribution is -0.138. The summed E-state index contributed by atoms with van der Waals surface area (Å²) in [5.41, 5.74) is 1.16. The molecule has 1 unspecified atom stereocenters. The molecule has 1 fully saturated rings. The van der Waals surface area contributed by atoms with Crippen LogP contribution in [-0.2, 0) is 4.79 Å². The van der Waals surface area contributed by atoms with Gasteiger partial charge in [-0.25, -0.2) is 0 Å². The first-order valence-electron chi connectivity index (χ1n) is 8.47. The molecule has 1 heterocycles. The predicted octanol–water partition coefficient (Wildman–Crippen LogP) is 2.59. The van der Waals surface area contributed by atoms with Crippen molar-refractivity contribution in [3.8, 4) is 11.5 Å². The molecule has 1 aliphatic heterocycles. The van der Waals surface area contributed by atoms with Crippen LogP contribution in [0.2, 0.25) is 0 Å². The van der Waals surface area contributed by atoms with Gasteiger partial charge >= 0.3 is 0 Å². The highest BCUT2D eigenvalue weighted by Crippen LogP contribution is 2.25. The number of hydrogen-bond acceptors (Lipinski definition) is 4. The Morgan fingerprint density at radius 2 is 1.72 bits per heavy atom. The number of piperazine rings is 1. The van der Waals surface area contributed by atoms with Gasteiger partial charge in [-0.2, -0.15) is 0 Å². The van der Waals surface area contributed by atoms with Crippen LogP contribution in [0.15, 0.2) is 54.6 Å². The summed E-state index contributed by atoms with van der Waals surface area (Å²) in [5.74, 6) is 1.44. The average Bonchev–Trinajstić information content (AvgIpc) is 2.67. The number of nitrogens with zero attached hydrogens (tertiary/aromatic N) is 2. The van der Waals surface area contributed by atoms with E-state index in [-0.39, 0.29) is 18.6 Å². The summed E-state index contributed by atoms with van der Waals surface area (Å²) in [4.78, 5) is 16.9. The zero-order valence-corrected chi connectivity index (χ0v) is 14.7. The van der Waals surface area contributed by atoms with Crippen LogP contribution in [0.25, 0.3) is 0 Å². The van der Waals surface area contributed by atoms with Gasteiger partial charge in [0.25, 0.3) is 5.91 Å². The minimum Gasteiger partial charge on any atom is -0.497 e. The minimum atomic E-state index is 0.0118. The number of methoxy groups -OCH3 is 1. The standard InChI is InChI=1S/C20H24N2O3/c1-21-12-13-22(19(14-21)16-6-4-3-5-7-16)20(23)15-25-18-10-8-17(24-2)9-11-18/h3-11,19H,12-15H2,1-2H3. The van der Waals surface area contributed by atoms with Crippen molar-refractivity contribution >= 4 is 5.91 Å². The molecule has 0 radical (unpaired) electrons. The molecule has 25 heavy (non-hydrogen) atoms. The van der Waals surface area contributed by atoms with E-state index in [1.807, 2.05) is 47.4 Å². The van der Waals surface area contributed by atoms with Crippen molar-refractivity contribution in [3.63, 3.8) is 0 Å². The Labute approximate surface area is 148 Å². The zero-order valence-electron chi connectivity index (χ0n) is 14.7. The van der Waals surface area contributed by atoms with Crippen molar-refractivity contribution in [2.24, 2.45) is 0 Å². The van der Waals surface area contributed by atoms with Crippen molar-refractivity contribution in [2.45, 2.75) is 6.04 Å². The monoisotopic (exact) mass is 340 g/mol. The van der Waals surface area contributed by atoms with E-state index in [0.717, 1.165) is 24.4 Å². The molecule has 1 aliphatic rings. The molecule has 2 aromatic carbocycles. The van der Waals surface area contributed by atoms with Crippen LogP contribution in [0.4, 0.5) is 0 Å². The summed E-state index contributed by atoms with van der Waals surface area (Å²) >= 11 is 0. The lowest BCUT2D eigenvalue weighted by Gasteiger charge is -2.40. The summed E-state index contributed by atoms with van der Waals surface area (Å²) in [5, 5.41) is 0. The first kappa shape index (κ1) is 17.3. The smallest absolute Gasteiger partial charge is 0.261 e.